The highest BCUT2D eigenvalue weighted by Gasteiger charge is 2.27. The molecule has 0 spiro atoms. The molecule has 1 fully saturated rings. The van der Waals surface area contributed by atoms with E-state index in [0.29, 0.717) is 44.1 Å². The Morgan fingerprint density at radius 1 is 1.23 bits per heavy atom. The lowest BCUT2D eigenvalue weighted by atomic mass is 9.96. The molecule has 164 valence electrons. The standard InChI is InChI=1S/C21H26FN7OS/c1-12-9-25-28(4)19(12)18-16(22)10-24-21(27-18)29-7-5-15(6-8-29)20(30)23-11-17-26-13(2)14(3)31-17/h9-10,15H,5-8,11H2,1-4H3,(H,23,30). The average molecular weight is 444 g/mol. The second kappa shape index (κ2) is 8.70. The number of aromatic nitrogens is 5. The van der Waals surface area contributed by atoms with Gasteiger partial charge in [0.25, 0.3) is 0 Å². The number of piperidine rings is 1. The van der Waals surface area contributed by atoms with E-state index in [1.165, 1.54) is 11.1 Å². The van der Waals surface area contributed by atoms with Crippen molar-refractivity contribution >= 4 is 23.2 Å². The van der Waals surface area contributed by atoms with E-state index in [0.717, 1.165) is 16.3 Å². The summed E-state index contributed by atoms with van der Waals surface area (Å²) < 4.78 is 16.1. The molecule has 31 heavy (non-hydrogen) atoms. The third kappa shape index (κ3) is 4.43. The molecule has 1 amide bonds. The van der Waals surface area contributed by atoms with Gasteiger partial charge in [0, 0.05) is 30.9 Å². The van der Waals surface area contributed by atoms with Gasteiger partial charge >= 0.3 is 0 Å². The molecule has 0 atom stereocenters. The second-order valence-corrected chi connectivity index (χ2v) is 9.18. The Balaban J connectivity index is 1.38. The highest BCUT2D eigenvalue weighted by Crippen LogP contribution is 2.27. The van der Waals surface area contributed by atoms with Crippen LogP contribution < -0.4 is 10.2 Å². The number of hydrogen-bond donors (Lipinski definition) is 1. The predicted octanol–water partition coefficient (Wildman–Crippen LogP) is 2.93. The highest BCUT2D eigenvalue weighted by molar-refractivity contribution is 7.11. The minimum Gasteiger partial charge on any atom is -0.349 e. The quantitative estimate of drug-likeness (QED) is 0.652. The number of nitrogens with zero attached hydrogens (tertiary/aromatic N) is 6. The molecular weight excluding hydrogens is 417 g/mol. The fourth-order valence-corrected chi connectivity index (χ4v) is 4.70. The van der Waals surface area contributed by atoms with Crippen LogP contribution in [0, 0.1) is 32.5 Å². The molecule has 3 aromatic rings. The lowest BCUT2D eigenvalue weighted by Gasteiger charge is -2.31. The van der Waals surface area contributed by atoms with Crippen molar-refractivity contribution in [3.05, 3.63) is 39.4 Å². The Bertz CT molecular complexity index is 1060. The summed E-state index contributed by atoms with van der Waals surface area (Å²) in [4.78, 5) is 28.9. The van der Waals surface area contributed by atoms with Crippen LogP contribution in [0.1, 0.15) is 34.0 Å². The summed E-state index contributed by atoms with van der Waals surface area (Å²) >= 11 is 1.62. The summed E-state index contributed by atoms with van der Waals surface area (Å²) in [5.41, 5.74) is 2.76. The van der Waals surface area contributed by atoms with Gasteiger partial charge in [-0.15, -0.1) is 11.3 Å². The van der Waals surface area contributed by atoms with Crippen LogP contribution in [0.4, 0.5) is 10.3 Å². The fourth-order valence-electron chi connectivity index (χ4n) is 3.83. The lowest BCUT2D eigenvalue weighted by Crippen LogP contribution is -2.41. The normalized spacial score (nSPS) is 14.8. The molecule has 10 heteroatoms. The first kappa shape index (κ1) is 21.4. The van der Waals surface area contributed by atoms with Crippen LogP contribution in [0.5, 0.6) is 0 Å². The lowest BCUT2D eigenvalue weighted by molar-refractivity contribution is -0.125. The van der Waals surface area contributed by atoms with Gasteiger partial charge in [0.2, 0.25) is 11.9 Å². The van der Waals surface area contributed by atoms with Gasteiger partial charge in [-0.05, 0) is 39.2 Å². The van der Waals surface area contributed by atoms with Crippen LogP contribution in [-0.4, -0.2) is 43.7 Å². The average Bonchev–Trinajstić information content (AvgIpc) is 3.27. The monoisotopic (exact) mass is 443 g/mol. The molecule has 1 aliphatic rings. The van der Waals surface area contributed by atoms with Crippen molar-refractivity contribution in [1.29, 1.82) is 0 Å². The van der Waals surface area contributed by atoms with Gasteiger partial charge in [0.1, 0.15) is 10.7 Å². The molecule has 0 radical (unpaired) electrons. The predicted molar refractivity (Wildman–Crippen MR) is 117 cm³/mol. The summed E-state index contributed by atoms with van der Waals surface area (Å²) in [5, 5.41) is 8.12. The Kier molecular flexibility index (Phi) is 5.99. The van der Waals surface area contributed by atoms with Gasteiger partial charge in [0.15, 0.2) is 5.82 Å². The zero-order chi connectivity index (χ0) is 22.1. The Morgan fingerprint density at radius 2 is 1.97 bits per heavy atom. The molecule has 0 saturated carbocycles. The molecule has 4 heterocycles. The Hall–Kier alpha value is -2.88. The fraction of sp³-hybridized carbons (Fsp3) is 0.476. The van der Waals surface area contributed by atoms with E-state index < -0.39 is 5.82 Å². The Labute approximate surface area is 184 Å². The Morgan fingerprint density at radius 3 is 2.58 bits per heavy atom. The molecule has 4 rings (SSSR count). The van der Waals surface area contributed by atoms with Gasteiger partial charge in [-0.3, -0.25) is 9.48 Å². The third-order valence-corrected chi connectivity index (χ3v) is 6.79. The number of rotatable bonds is 5. The number of carbonyl (C=O) groups is 1. The summed E-state index contributed by atoms with van der Waals surface area (Å²) in [6.45, 7) is 7.64. The van der Waals surface area contributed by atoms with E-state index in [1.54, 1.807) is 29.3 Å². The summed E-state index contributed by atoms with van der Waals surface area (Å²) in [5.74, 6) is -0.00371. The largest absolute Gasteiger partial charge is 0.349 e. The third-order valence-electron chi connectivity index (χ3n) is 5.71. The SMILES string of the molecule is Cc1cnn(C)c1-c1nc(N2CCC(C(=O)NCc3nc(C)c(C)s3)CC2)ncc1F. The van der Waals surface area contributed by atoms with Crippen molar-refractivity contribution in [3.63, 3.8) is 0 Å². The highest BCUT2D eigenvalue weighted by atomic mass is 32.1. The molecular formula is C21H26FN7OS. The zero-order valence-corrected chi connectivity index (χ0v) is 19.0. The molecule has 1 saturated heterocycles. The molecule has 1 aliphatic heterocycles. The van der Waals surface area contributed by atoms with Crippen LogP contribution in [0.3, 0.4) is 0 Å². The first-order valence-electron chi connectivity index (χ1n) is 10.3. The van der Waals surface area contributed by atoms with E-state index in [9.17, 15) is 9.18 Å². The minimum absolute atomic E-state index is 0.0522. The molecule has 0 bridgehead atoms. The van der Waals surface area contributed by atoms with Crippen molar-refractivity contribution < 1.29 is 9.18 Å². The number of nitrogens with one attached hydrogen (secondary N) is 1. The molecule has 8 nitrogen and oxygen atoms in total. The summed E-state index contributed by atoms with van der Waals surface area (Å²) in [7, 11) is 1.77. The molecule has 3 aromatic heterocycles. The van der Waals surface area contributed by atoms with Crippen molar-refractivity contribution in [2.75, 3.05) is 18.0 Å². The van der Waals surface area contributed by atoms with Crippen LogP contribution in [0.25, 0.3) is 11.4 Å². The number of amides is 1. The van der Waals surface area contributed by atoms with Crippen molar-refractivity contribution in [3.8, 4) is 11.4 Å². The van der Waals surface area contributed by atoms with Crippen molar-refractivity contribution in [2.45, 2.75) is 40.2 Å². The molecule has 1 N–H and O–H groups in total. The molecule has 0 aromatic carbocycles. The topological polar surface area (TPSA) is 88.8 Å². The summed E-state index contributed by atoms with van der Waals surface area (Å²) in [6.07, 6.45) is 4.29. The van der Waals surface area contributed by atoms with Crippen molar-refractivity contribution in [1.82, 2.24) is 30.0 Å². The van der Waals surface area contributed by atoms with Gasteiger partial charge in [-0.25, -0.2) is 19.3 Å². The maximum atomic E-state index is 14.4. The first-order chi connectivity index (χ1) is 14.8. The maximum absolute atomic E-state index is 14.4. The van der Waals surface area contributed by atoms with Gasteiger partial charge in [-0.2, -0.15) is 5.10 Å². The van der Waals surface area contributed by atoms with Crippen molar-refractivity contribution in [2.24, 2.45) is 13.0 Å². The van der Waals surface area contributed by atoms with E-state index in [-0.39, 0.29) is 17.5 Å². The van der Waals surface area contributed by atoms with Gasteiger partial charge in [0.05, 0.1) is 30.3 Å². The number of halogens is 1. The number of anilines is 1. The van der Waals surface area contributed by atoms with Crippen LogP contribution in [-0.2, 0) is 18.4 Å². The molecule has 0 aliphatic carbocycles. The number of hydrogen-bond acceptors (Lipinski definition) is 7. The van der Waals surface area contributed by atoms with E-state index in [2.05, 4.69) is 25.4 Å². The second-order valence-electron chi connectivity index (χ2n) is 7.89. The smallest absolute Gasteiger partial charge is 0.226 e. The minimum atomic E-state index is -0.475. The number of thiazole rings is 1. The zero-order valence-electron chi connectivity index (χ0n) is 18.1. The molecule has 0 unspecified atom stereocenters. The maximum Gasteiger partial charge on any atom is 0.226 e. The summed E-state index contributed by atoms with van der Waals surface area (Å²) in [6, 6.07) is 0. The first-order valence-corrected chi connectivity index (χ1v) is 11.1. The number of aryl methyl sites for hydroxylation is 4. The van der Waals surface area contributed by atoms with Crippen LogP contribution in [0.15, 0.2) is 12.4 Å². The van der Waals surface area contributed by atoms with Crippen LogP contribution >= 0.6 is 11.3 Å². The van der Waals surface area contributed by atoms with E-state index in [1.807, 2.05) is 25.7 Å². The van der Waals surface area contributed by atoms with Crippen LogP contribution in [0.2, 0.25) is 0 Å². The van der Waals surface area contributed by atoms with E-state index in [4.69, 9.17) is 0 Å². The van der Waals surface area contributed by atoms with E-state index >= 15 is 0 Å². The van der Waals surface area contributed by atoms with Gasteiger partial charge in [-0.1, -0.05) is 0 Å². The van der Waals surface area contributed by atoms with Gasteiger partial charge < -0.3 is 10.2 Å². The number of carbonyl (C=O) groups excluding carboxylic acids is 1.